The molecule has 1 aromatic carbocycles. The van der Waals surface area contributed by atoms with Gasteiger partial charge in [0, 0.05) is 25.3 Å². The van der Waals surface area contributed by atoms with Crippen LogP contribution in [0.15, 0.2) is 36.5 Å². The summed E-state index contributed by atoms with van der Waals surface area (Å²) < 4.78 is 15.2. The second kappa shape index (κ2) is 7.77. The number of likely N-dealkylation sites (tertiary alicyclic amines) is 1. The minimum atomic E-state index is -0.374. The van der Waals surface area contributed by atoms with Gasteiger partial charge >= 0.3 is 0 Å². The fourth-order valence-electron chi connectivity index (χ4n) is 3.22. The van der Waals surface area contributed by atoms with E-state index in [-0.39, 0.29) is 30.2 Å². The van der Waals surface area contributed by atoms with Crippen molar-refractivity contribution in [1.82, 2.24) is 14.7 Å². The van der Waals surface area contributed by atoms with Gasteiger partial charge in [-0.05, 0) is 37.0 Å². The third kappa shape index (κ3) is 3.44. The summed E-state index contributed by atoms with van der Waals surface area (Å²) in [4.78, 5) is 14.6. The topological polar surface area (TPSA) is 64.2 Å². The second-order valence-corrected chi connectivity index (χ2v) is 6.02. The molecule has 1 aliphatic heterocycles. The van der Waals surface area contributed by atoms with E-state index in [0.29, 0.717) is 30.4 Å². The molecule has 5 nitrogen and oxygen atoms in total. The number of carbonyl (C=O) groups excluding carboxylic acids is 1. The molecule has 2 atom stereocenters. The van der Waals surface area contributed by atoms with Crippen molar-refractivity contribution in [2.75, 3.05) is 13.1 Å². The molecule has 0 aliphatic carbocycles. The van der Waals surface area contributed by atoms with Crippen LogP contribution in [-0.2, 0) is 0 Å². The lowest BCUT2D eigenvalue weighted by Crippen LogP contribution is -2.51. The number of nitrogens with two attached hydrogens (primary N) is 1. The normalized spacial score (nSPS) is 20.5. The highest BCUT2D eigenvalue weighted by atomic mass is 35.5. The average Bonchev–Trinajstić information content (AvgIpc) is 3.04. The fourth-order valence-corrected chi connectivity index (χ4v) is 3.22. The first-order valence-corrected chi connectivity index (χ1v) is 7.93. The van der Waals surface area contributed by atoms with Crippen LogP contribution in [0.25, 0.3) is 5.69 Å². The molecule has 2 unspecified atom stereocenters. The minimum Gasteiger partial charge on any atom is -0.333 e. The standard InChI is InChI=1S/C17H21FN4O.ClH/c1-12-5-4-9-21(16(12)11-19)17(23)14-8-10-22(20-14)15-7-3-2-6-13(15)18;/h2-3,6-8,10,12,16H,4-5,9,11,19H2,1H3;1H. The first kappa shape index (κ1) is 18.4. The Morgan fingerprint density at radius 1 is 1.38 bits per heavy atom. The van der Waals surface area contributed by atoms with Gasteiger partial charge in [0.1, 0.15) is 11.5 Å². The Bertz CT molecular complexity index is 705. The molecule has 1 amide bonds. The molecule has 0 saturated carbocycles. The molecule has 2 heterocycles. The maximum absolute atomic E-state index is 13.8. The van der Waals surface area contributed by atoms with Crippen LogP contribution < -0.4 is 5.73 Å². The number of piperidine rings is 1. The van der Waals surface area contributed by atoms with Crippen LogP contribution >= 0.6 is 12.4 Å². The number of hydrogen-bond donors (Lipinski definition) is 1. The summed E-state index contributed by atoms with van der Waals surface area (Å²) in [6, 6.07) is 8.02. The lowest BCUT2D eigenvalue weighted by atomic mass is 9.90. The van der Waals surface area contributed by atoms with E-state index in [0.717, 1.165) is 12.8 Å². The highest BCUT2D eigenvalue weighted by Gasteiger charge is 2.32. The highest BCUT2D eigenvalue weighted by Crippen LogP contribution is 2.24. The summed E-state index contributed by atoms with van der Waals surface area (Å²) in [5.74, 6) is -0.130. The number of hydrogen-bond acceptors (Lipinski definition) is 3. The molecule has 2 N–H and O–H groups in total. The quantitative estimate of drug-likeness (QED) is 0.923. The zero-order chi connectivity index (χ0) is 16.4. The van der Waals surface area contributed by atoms with E-state index in [9.17, 15) is 9.18 Å². The number of halogens is 2. The largest absolute Gasteiger partial charge is 0.333 e. The van der Waals surface area contributed by atoms with Crippen molar-refractivity contribution >= 4 is 18.3 Å². The number of rotatable bonds is 3. The number of benzene rings is 1. The van der Waals surface area contributed by atoms with E-state index in [1.807, 2.05) is 4.90 Å². The Morgan fingerprint density at radius 3 is 2.83 bits per heavy atom. The fraction of sp³-hybridized carbons (Fsp3) is 0.412. The smallest absolute Gasteiger partial charge is 0.274 e. The number of carbonyl (C=O) groups is 1. The molecule has 3 rings (SSSR count). The zero-order valence-electron chi connectivity index (χ0n) is 13.6. The summed E-state index contributed by atoms with van der Waals surface area (Å²) in [6.07, 6.45) is 3.66. The SMILES string of the molecule is CC1CCCN(C(=O)c2ccn(-c3ccccc3F)n2)C1CN.Cl. The molecule has 1 aromatic heterocycles. The Balaban J connectivity index is 0.00000208. The molecule has 2 aromatic rings. The summed E-state index contributed by atoms with van der Waals surface area (Å²) in [5, 5.41) is 4.25. The van der Waals surface area contributed by atoms with Gasteiger partial charge in [-0.15, -0.1) is 12.4 Å². The van der Waals surface area contributed by atoms with Crippen LogP contribution in [0, 0.1) is 11.7 Å². The van der Waals surface area contributed by atoms with Crippen LogP contribution in [0.1, 0.15) is 30.3 Å². The second-order valence-electron chi connectivity index (χ2n) is 6.02. The van der Waals surface area contributed by atoms with Gasteiger partial charge in [0.05, 0.1) is 0 Å². The summed E-state index contributed by atoms with van der Waals surface area (Å²) >= 11 is 0. The molecule has 1 aliphatic rings. The van der Waals surface area contributed by atoms with Crippen molar-refractivity contribution in [3.05, 3.63) is 48.0 Å². The van der Waals surface area contributed by atoms with Gasteiger partial charge in [0.25, 0.3) is 5.91 Å². The van der Waals surface area contributed by atoms with Crippen molar-refractivity contribution in [3.63, 3.8) is 0 Å². The molecule has 7 heteroatoms. The van der Waals surface area contributed by atoms with Crippen LogP contribution in [-0.4, -0.2) is 39.7 Å². The molecular weight excluding hydrogens is 331 g/mol. The molecular formula is C17H22ClFN4O. The summed E-state index contributed by atoms with van der Waals surface area (Å²) in [6.45, 7) is 3.26. The number of para-hydroxylation sites is 1. The minimum absolute atomic E-state index is 0. The molecule has 24 heavy (non-hydrogen) atoms. The van der Waals surface area contributed by atoms with Gasteiger partial charge < -0.3 is 10.6 Å². The van der Waals surface area contributed by atoms with E-state index >= 15 is 0 Å². The van der Waals surface area contributed by atoms with Crippen molar-refractivity contribution in [2.45, 2.75) is 25.8 Å². The van der Waals surface area contributed by atoms with Gasteiger partial charge in [-0.3, -0.25) is 4.79 Å². The molecule has 0 spiro atoms. The predicted octanol–water partition coefficient (Wildman–Crippen LogP) is 2.63. The van der Waals surface area contributed by atoms with Crippen LogP contribution in [0.2, 0.25) is 0 Å². The molecule has 130 valence electrons. The highest BCUT2D eigenvalue weighted by molar-refractivity contribution is 5.92. The van der Waals surface area contributed by atoms with Crippen LogP contribution in [0.3, 0.4) is 0 Å². The zero-order valence-corrected chi connectivity index (χ0v) is 14.4. The van der Waals surface area contributed by atoms with Crippen LogP contribution in [0.5, 0.6) is 0 Å². The van der Waals surface area contributed by atoms with Gasteiger partial charge in [-0.2, -0.15) is 5.10 Å². The Hall–Kier alpha value is -1.92. The number of aromatic nitrogens is 2. The van der Waals surface area contributed by atoms with E-state index in [1.54, 1.807) is 30.5 Å². The Morgan fingerprint density at radius 2 is 2.12 bits per heavy atom. The van der Waals surface area contributed by atoms with Crippen molar-refractivity contribution in [2.24, 2.45) is 11.7 Å². The molecule has 0 bridgehead atoms. The van der Waals surface area contributed by atoms with Gasteiger partial charge in [0.2, 0.25) is 0 Å². The maximum Gasteiger partial charge on any atom is 0.274 e. The molecule has 1 saturated heterocycles. The van der Waals surface area contributed by atoms with Crippen molar-refractivity contribution < 1.29 is 9.18 Å². The van der Waals surface area contributed by atoms with E-state index in [4.69, 9.17) is 5.73 Å². The average molecular weight is 353 g/mol. The lowest BCUT2D eigenvalue weighted by Gasteiger charge is -2.39. The van der Waals surface area contributed by atoms with Gasteiger partial charge in [0.15, 0.2) is 5.69 Å². The number of amides is 1. The first-order chi connectivity index (χ1) is 11.1. The van der Waals surface area contributed by atoms with E-state index in [2.05, 4.69) is 12.0 Å². The van der Waals surface area contributed by atoms with Crippen molar-refractivity contribution in [1.29, 1.82) is 0 Å². The maximum atomic E-state index is 13.8. The summed E-state index contributed by atoms with van der Waals surface area (Å²) in [5.41, 5.74) is 6.49. The van der Waals surface area contributed by atoms with Crippen LogP contribution in [0.4, 0.5) is 4.39 Å². The number of nitrogens with zero attached hydrogens (tertiary/aromatic N) is 3. The third-order valence-electron chi connectivity index (χ3n) is 4.53. The Labute approximate surface area is 147 Å². The van der Waals surface area contributed by atoms with Gasteiger partial charge in [-0.25, -0.2) is 9.07 Å². The third-order valence-corrected chi connectivity index (χ3v) is 4.53. The first-order valence-electron chi connectivity index (χ1n) is 7.93. The van der Waals surface area contributed by atoms with Gasteiger partial charge in [-0.1, -0.05) is 19.1 Å². The van der Waals surface area contributed by atoms with Crippen molar-refractivity contribution in [3.8, 4) is 5.69 Å². The van der Waals surface area contributed by atoms with E-state index in [1.165, 1.54) is 10.7 Å². The lowest BCUT2D eigenvalue weighted by molar-refractivity contribution is 0.0526. The monoisotopic (exact) mass is 352 g/mol. The molecule has 0 radical (unpaired) electrons. The predicted molar refractivity (Wildman–Crippen MR) is 93.0 cm³/mol. The molecule has 1 fully saturated rings. The van der Waals surface area contributed by atoms with E-state index < -0.39 is 0 Å². The Kier molecular flexibility index (Phi) is 5.96. The summed E-state index contributed by atoms with van der Waals surface area (Å²) in [7, 11) is 0.